The molecule has 4 heteroatoms. The molecule has 2 rings (SSSR count). The van der Waals surface area contributed by atoms with Gasteiger partial charge in [0, 0.05) is 12.5 Å². The molecule has 0 aliphatic carbocycles. The number of hydrogen-bond donors (Lipinski definition) is 0. The first kappa shape index (κ1) is 9.90. The molecule has 0 radical (unpaired) electrons. The van der Waals surface area contributed by atoms with E-state index in [4.69, 9.17) is 9.47 Å². The predicted octanol–water partition coefficient (Wildman–Crippen LogP) is 1.82. The minimum absolute atomic E-state index is 0.112. The normalized spacial score (nSPS) is 19.6. The molecule has 0 saturated carbocycles. The van der Waals surface area contributed by atoms with Crippen LogP contribution in [-0.2, 0) is 9.53 Å². The van der Waals surface area contributed by atoms with Gasteiger partial charge >= 0.3 is 0 Å². The van der Waals surface area contributed by atoms with Gasteiger partial charge in [-0.1, -0.05) is 6.07 Å². The molecule has 1 saturated heterocycles. The summed E-state index contributed by atoms with van der Waals surface area (Å²) in [5.41, 5.74) is 0.557. The Morgan fingerprint density at radius 3 is 3.20 bits per heavy atom. The molecule has 0 spiro atoms. The molecule has 1 unspecified atom stereocenters. The third-order valence-electron chi connectivity index (χ3n) is 2.18. The average molecular weight is 205 g/mol. The van der Waals surface area contributed by atoms with Crippen LogP contribution in [0.2, 0.25) is 0 Å². The molecule has 1 aliphatic rings. The Labute approximate surface area is 87.5 Å². The van der Waals surface area contributed by atoms with Crippen molar-refractivity contribution in [2.45, 2.75) is 12.5 Å². The average Bonchev–Trinajstić information content (AvgIpc) is 2.71. The molecule has 0 N–H and O–H groups in total. The second-order valence-electron chi connectivity index (χ2n) is 3.30. The fourth-order valence-corrected chi connectivity index (χ4v) is 1.48. The Morgan fingerprint density at radius 1 is 1.53 bits per heavy atom. The summed E-state index contributed by atoms with van der Waals surface area (Å²) in [5, 5.41) is 0. The van der Waals surface area contributed by atoms with Crippen LogP contribution in [0.15, 0.2) is 29.3 Å². The number of benzene rings is 1. The van der Waals surface area contributed by atoms with Crippen molar-refractivity contribution in [3.05, 3.63) is 24.3 Å². The van der Waals surface area contributed by atoms with E-state index in [0.717, 1.165) is 13.0 Å². The minimum atomic E-state index is 0.112. The summed E-state index contributed by atoms with van der Waals surface area (Å²) in [6.07, 6.45) is 2.52. The lowest BCUT2D eigenvalue weighted by atomic mass is 10.3. The second-order valence-corrected chi connectivity index (χ2v) is 3.30. The fraction of sp³-hybridized carbons (Fsp3) is 0.364. The second kappa shape index (κ2) is 4.73. The third kappa shape index (κ3) is 2.65. The number of hydrogen-bond acceptors (Lipinski definition) is 4. The monoisotopic (exact) mass is 205 g/mol. The molecule has 1 aliphatic heterocycles. The summed E-state index contributed by atoms with van der Waals surface area (Å²) in [6, 6.07) is 7.07. The smallest absolute Gasteiger partial charge is 0.240 e. The van der Waals surface area contributed by atoms with E-state index in [-0.39, 0.29) is 6.10 Å². The Bertz CT molecular complexity index is 379. The molecule has 1 fully saturated rings. The van der Waals surface area contributed by atoms with Gasteiger partial charge in [-0.3, -0.25) is 0 Å². The van der Waals surface area contributed by atoms with E-state index in [1.165, 1.54) is 6.08 Å². The molecule has 1 atom stereocenters. The standard InChI is InChI=1S/C11H11NO3/c13-8-12-9-2-1-3-10(6-9)15-11-4-5-14-7-11/h1-3,6,11H,4-5,7H2. The summed E-state index contributed by atoms with van der Waals surface area (Å²) in [5.74, 6) is 0.710. The van der Waals surface area contributed by atoms with Gasteiger partial charge in [0.15, 0.2) is 0 Å². The fourth-order valence-electron chi connectivity index (χ4n) is 1.48. The zero-order chi connectivity index (χ0) is 10.5. The lowest BCUT2D eigenvalue weighted by Gasteiger charge is -2.11. The van der Waals surface area contributed by atoms with E-state index in [1.807, 2.05) is 6.07 Å². The van der Waals surface area contributed by atoms with Crippen LogP contribution in [0.25, 0.3) is 0 Å². The highest BCUT2D eigenvalue weighted by Crippen LogP contribution is 2.22. The van der Waals surface area contributed by atoms with Crippen LogP contribution in [-0.4, -0.2) is 25.4 Å². The van der Waals surface area contributed by atoms with Gasteiger partial charge in [-0.05, 0) is 12.1 Å². The van der Waals surface area contributed by atoms with Gasteiger partial charge in [-0.2, -0.15) is 4.99 Å². The molecular weight excluding hydrogens is 194 g/mol. The van der Waals surface area contributed by atoms with Crippen molar-refractivity contribution in [3.63, 3.8) is 0 Å². The summed E-state index contributed by atoms with van der Waals surface area (Å²) in [4.78, 5) is 13.6. The minimum Gasteiger partial charge on any atom is -0.488 e. The van der Waals surface area contributed by atoms with Crippen LogP contribution in [0.1, 0.15) is 6.42 Å². The van der Waals surface area contributed by atoms with E-state index in [0.29, 0.717) is 18.0 Å². The molecule has 1 heterocycles. The van der Waals surface area contributed by atoms with Gasteiger partial charge in [0.05, 0.1) is 18.9 Å². The van der Waals surface area contributed by atoms with Crippen LogP contribution >= 0.6 is 0 Å². The summed E-state index contributed by atoms with van der Waals surface area (Å²) >= 11 is 0. The largest absolute Gasteiger partial charge is 0.488 e. The lowest BCUT2D eigenvalue weighted by molar-refractivity contribution is 0.141. The van der Waals surface area contributed by atoms with Crippen LogP contribution in [0.4, 0.5) is 5.69 Å². The van der Waals surface area contributed by atoms with E-state index in [9.17, 15) is 4.79 Å². The van der Waals surface area contributed by atoms with Crippen molar-refractivity contribution in [2.24, 2.45) is 4.99 Å². The highest BCUT2D eigenvalue weighted by atomic mass is 16.5. The summed E-state index contributed by atoms with van der Waals surface area (Å²) in [6.45, 7) is 1.37. The molecule has 0 bridgehead atoms. The third-order valence-corrected chi connectivity index (χ3v) is 2.18. The van der Waals surface area contributed by atoms with E-state index in [1.54, 1.807) is 18.2 Å². The number of carbonyl (C=O) groups excluding carboxylic acids is 1. The van der Waals surface area contributed by atoms with Crippen molar-refractivity contribution in [2.75, 3.05) is 13.2 Å². The van der Waals surface area contributed by atoms with E-state index in [2.05, 4.69) is 4.99 Å². The van der Waals surface area contributed by atoms with Crippen LogP contribution < -0.4 is 4.74 Å². The number of ether oxygens (including phenoxy) is 2. The van der Waals surface area contributed by atoms with Crippen molar-refractivity contribution in [1.29, 1.82) is 0 Å². The first-order valence-corrected chi connectivity index (χ1v) is 4.81. The van der Waals surface area contributed by atoms with Crippen molar-refractivity contribution in [1.82, 2.24) is 0 Å². The molecule has 78 valence electrons. The zero-order valence-electron chi connectivity index (χ0n) is 8.18. The Morgan fingerprint density at radius 2 is 2.47 bits per heavy atom. The number of isocyanates is 1. The van der Waals surface area contributed by atoms with Crippen LogP contribution in [0, 0.1) is 0 Å². The molecule has 4 nitrogen and oxygen atoms in total. The van der Waals surface area contributed by atoms with Crippen LogP contribution in [0.3, 0.4) is 0 Å². The first-order valence-electron chi connectivity index (χ1n) is 4.81. The number of nitrogens with zero attached hydrogens (tertiary/aromatic N) is 1. The topological polar surface area (TPSA) is 47.9 Å². The highest BCUT2D eigenvalue weighted by Gasteiger charge is 2.16. The number of rotatable bonds is 3. The molecule has 1 aromatic carbocycles. The van der Waals surface area contributed by atoms with E-state index >= 15 is 0 Å². The maximum atomic E-state index is 10.1. The van der Waals surface area contributed by atoms with Gasteiger partial charge in [0.1, 0.15) is 11.9 Å². The van der Waals surface area contributed by atoms with Crippen LogP contribution in [0.5, 0.6) is 5.75 Å². The van der Waals surface area contributed by atoms with Gasteiger partial charge in [-0.25, -0.2) is 4.79 Å². The SMILES string of the molecule is O=C=Nc1cccc(OC2CCOC2)c1. The molecule has 0 amide bonds. The van der Waals surface area contributed by atoms with Gasteiger partial charge in [0.2, 0.25) is 6.08 Å². The first-order chi connectivity index (χ1) is 7.38. The van der Waals surface area contributed by atoms with Gasteiger partial charge in [-0.15, -0.1) is 0 Å². The maximum Gasteiger partial charge on any atom is 0.240 e. The van der Waals surface area contributed by atoms with Crippen molar-refractivity contribution < 1.29 is 14.3 Å². The Kier molecular flexibility index (Phi) is 3.12. The summed E-state index contributed by atoms with van der Waals surface area (Å²) in [7, 11) is 0. The Balaban J connectivity index is 2.06. The summed E-state index contributed by atoms with van der Waals surface area (Å²) < 4.78 is 10.8. The van der Waals surface area contributed by atoms with Crippen molar-refractivity contribution >= 4 is 11.8 Å². The maximum absolute atomic E-state index is 10.1. The zero-order valence-corrected chi connectivity index (χ0v) is 8.18. The molecule has 15 heavy (non-hydrogen) atoms. The Hall–Kier alpha value is -1.64. The molecule has 0 aromatic heterocycles. The van der Waals surface area contributed by atoms with Gasteiger partial charge in [0.25, 0.3) is 0 Å². The molecule has 1 aromatic rings. The number of aliphatic imine (C=N–C) groups is 1. The van der Waals surface area contributed by atoms with Crippen molar-refractivity contribution in [3.8, 4) is 5.75 Å². The van der Waals surface area contributed by atoms with E-state index < -0.39 is 0 Å². The lowest BCUT2D eigenvalue weighted by Crippen LogP contribution is -2.15. The highest BCUT2D eigenvalue weighted by molar-refractivity contribution is 5.51. The predicted molar refractivity (Wildman–Crippen MR) is 54.1 cm³/mol. The van der Waals surface area contributed by atoms with Gasteiger partial charge < -0.3 is 9.47 Å². The molecular formula is C11H11NO3. The quantitative estimate of drug-likeness (QED) is 0.558.